The van der Waals surface area contributed by atoms with Gasteiger partial charge in [0.2, 0.25) is 5.89 Å². The van der Waals surface area contributed by atoms with Gasteiger partial charge in [0.05, 0.1) is 18.6 Å². The van der Waals surface area contributed by atoms with Gasteiger partial charge in [-0.25, -0.2) is 0 Å². The van der Waals surface area contributed by atoms with Crippen LogP contribution in [0.25, 0.3) is 10.8 Å². The summed E-state index contributed by atoms with van der Waals surface area (Å²) in [5.74, 6) is 2.43. The van der Waals surface area contributed by atoms with Gasteiger partial charge in [0.25, 0.3) is 0 Å². The van der Waals surface area contributed by atoms with Gasteiger partial charge < -0.3 is 14.0 Å². The molecular formula is C18H18N2O4S. The molecule has 0 unspecified atom stereocenters. The smallest absolute Gasteiger partial charge is 0.316 e. The van der Waals surface area contributed by atoms with Crippen LogP contribution in [0.15, 0.2) is 40.9 Å². The molecule has 2 aromatic carbocycles. The van der Waals surface area contributed by atoms with Gasteiger partial charge in [-0.15, -0.1) is 11.8 Å². The zero-order valence-corrected chi connectivity index (χ0v) is 14.8. The average Bonchev–Trinajstić information content (AvgIpc) is 3.04. The lowest BCUT2D eigenvalue weighted by Gasteiger charge is -2.07. The van der Waals surface area contributed by atoms with E-state index >= 15 is 0 Å². The molecule has 25 heavy (non-hydrogen) atoms. The second kappa shape index (κ2) is 8.02. The van der Waals surface area contributed by atoms with Gasteiger partial charge in [-0.05, 0) is 34.5 Å². The molecule has 0 aliphatic heterocycles. The third-order valence-electron chi connectivity index (χ3n) is 3.53. The summed E-state index contributed by atoms with van der Waals surface area (Å²) in [5, 5.41) is 5.94. The summed E-state index contributed by atoms with van der Waals surface area (Å²) in [4.78, 5) is 15.9. The molecule has 0 aliphatic rings. The second-order valence-corrected chi connectivity index (χ2v) is 6.42. The number of thioether (sulfide) groups is 1. The Labute approximate surface area is 149 Å². The van der Waals surface area contributed by atoms with E-state index in [0.717, 1.165) is 22.1 Å². The summed E-state index contributed by atoms with van der Waals surface area (Å²) in [5.41, 5.74) is 0.949. The molecule has 6 nitrogen and oxygen atoms in total. The number of methoxy groups -OCH3 is 1. The van der Waals surface area contributed by atoms with E-state index in [0.29, 0.717) is 17.5 Å². The lowest BCUT2D eigenvalue weighted by Crippen LogP contribution is -2.07. The van der Waals surface area contributed by atoms with Crippen LogP contribution in [0.3, 0.4) is 0 Å². The predicted molar refractivity (Wildman–Crippen MR) is 95.5 cm³/mol. The fourth-order valence-electron chi connectivity index (χ4n) is 2.32. The Morgan fingerprint density at radius 1 is 1.20 bits per heavy atom. The average molecular weight is 358 g/mol. The van der Waals surface area contributed by atoms with Gasteiger partial charge in [-0.1, -0.05) is 23.4 Å². The van der Waals surface area contributed by atoms with Crippen molar-refractivity contribution in [2.75, 3.05) is 12.9 Å². The molecule has 0 spiro atoms. The lowest BCUT2D eigenvalue weighted by molar-refractivity contribution is -0.141. The summed E-state index contributed by atoms with van der Waals surface area (Å²) >= 11 is 1.40. The number of ether oxygens (including phenoxy) is 2. The van der Waals surface area contributed by atoms with Crippen LogP contribution in [-0.4, -0.2) is 29.0 Å². The van der Waals surface area contributed by atoms with Crippen molar-refractivity contribution in [1.82, 2.24) is 10.1 Å². The molecule has 0 fully saturated rings. The van der Waals surface area contributed by atoms with Crippen molar-refractivity contribution < 1.29 is 18.8 Å². The third-order valence-corrected chi connectivity index (χ3v) is 4.43. The molecule has 1 aromatic heterocycles. The van der Waals surface area contributed by atoms with E-state index in [1.165, 1.54) is 11.8 Å². The lowest BCUT2D eigenvalue weighted by atomic mass is 10.1. The Balaban J connectivity index is 1.49. The second-order valence-electron chi connectivity index (χ2n) is 5.43. The number of fused-ring (bicyclic) bond motifs is 1. The molecule has 0 aliphatic carbocycles. The first-order valence-electron chi connectivity index (χ1n) is 7.73. The van der Waals surface area contributed by atoms with E-state index in [4.69, 9.17) is 14.0 Å². The van der Waals surface area contributed by atoms with Crippen molar-refractivity contribution in [3.8, 4) is 5.75 Å². The van der Waals surface area contributed by atoms with E-state index in [1.807, 2.05) is 36.4 Å². The molecule has 7 heteroatoms. The highest BCUT2D eigenvalue weighted by Gasteiger charge is 2.07. The minimum atomic E-state index is -0.264. The number of carbonyl (C=O) groups excluding carboxylic acids is 1. The summed E-state index contributed by atoms with van der Waals surface area (Å²) in [6.07, 6.45) is 0. The first kappa shape index (κ1) is 17.3. The van der Waals surface area contributed by atoms with Crippen LogP contribution in [0, 0.1) is 6.92 Å². The molecule has 0 radical (unpaired) electrons. The fourth-order valence-corrected chi connectivity index (χ4v) is 2.97. The third kappa shape index (κ3) is 4.73. The van der Waals surface area contributed by atoms with Crippen LogP contribution in [-0.2, 0) is 21.9 Å². The van der Waals surface area contributed by atoms with Gasteiger partial charge in [-0.2, -0.15) is 4.98 Å². The first-order valence-corrected chi connectivity index (χ1v) is 8.89. The Bertz CT molecular complexity index is 878. The zero-order chi connectivity index (χ0) is 17.6. The number of esters is 1. The van der Waals surface area contributed by atoms with Gasteiger partial charge >= 0.3 is 5.97 Å². The van der Waals surface area contributed by atoms with Crippen LogP contribution in [0.5, 0.6) is 5.75 Å². The van der Waals surface area contributed by atoms with Gasteiger partial charge in [0.15, 0.2) is 5.82 Å². The highest BCUT2D eigenvalue weighted by Crippen LogP contribution is 2.22. The summed E-state index contributed by atoms with van der Waals surface area (Å²) in [6, 6.07) is 11.8. The number of carbonyl (C=O) groups is 1. The van der Waals surface area contributed by atoms with Gasteiger partial charge in [0, 0.05) is 6.92 Å². The van der Waals surface area contributed by atoms with E-state index in [1.54, 1.807) is 14.0 Å². The largest absolute Gasteiger partial charge is 0.497 e. The van der Waals surface area contributed by atoms with E-state index in [2.05, 4.69) is 10.1 Å². The normalized spacial score (nSPS) is 10.8. The Hall–Kier alpha value is -2.54. The number of hydrogen-bond acceptors (Lipinski definition) is 7. The fraction of sp³-hybridized carbons (Fsp3) is 0.278. The molecule has 0 saturated carbocycles. The highest BCUT2D eigenvalue weighted by atomic mass is 32.2. The summed E-state index contributed by atoms with van der Waals surface area (Å²) in [7, 11) is 1.65. The molecule has 0 bridgehead atoms. The molecule has 0 amide bonds. The van der Waals surface area contributed by atoms with Crippen molar-refractivity contribution in [2.24, 2.45) is 0 Å². The molecule has 1 heterocycles. The minimum Gasteiger partial charge on any atom is -0.497 e. The number of rotatable bonds is 7. The van der Waals surface area contributed by atoms with Crippen molar-refractivity contribution in [3.63, 3.8) is 0 Å². The quantitative estimate of drug-likeness (QED) is 0.598. The highest BCUT2D eigenvalue weighted by molar-refractivity contribution is 7.99. The van der Waals surface area contributed by atoms with Crippen LogP contribution >= 0.6 is 11.8 Å². The maximum absolute atomic E-state index is 11.8. The zero-order valence-electron chi connectivity index (χ0n) is 14.0. The Kier molecular flexibility index (Phi) is 5.55. The van der Waals surface area contributed by atoms with Crippen LogP contribution in [0.1, 0.15) is 17.3 Å². The van der Waals surface area contributed by atoms with Crippen molar-refractivity contribution in [3.05, 3.63) is 53.7 Å². The van der Waals surface area contributed by atoms with Crippen LogP contribution < -0.4 is 4.74 Å². The first-order chi connectivity index (χ1) is 12.1. The van der Waals surface area contributed by atoms with Crippen LogP contribution in [0.2, 0.25) is 0 Å². The van der Waals surface area contributed by atoms with E-state index in [-0.39, 0.29) is 18.3 Å². The van der Waals surface area contributed by atoms with Crippen molar-refractivity contribution in [1.29, 1.82) is 0 Å². The SMILES string of the molecule is COc1ccc2cc(COC(=O)CSCc3noc(C)n3)ccc2c1. The molecular weight excluding hydrogens is 340 g/mol. The van der Waals surface area contributed by atoms with Crippen molar-refractivity contribution >= 4 is 28.5 Å². The predicted octanol–water partition coefficient (Wildman–Crippen LogP) is 3.52. The molecule has 0 saturated heterocycles. The maximum atomic E-state index is 11.8. The standard InChI is InChI=1S/C18H18N2O4S/c1-12-19-17(20-24-12)10-25-11-18(21)23-9-13-3-4-15-8-16(22-2)6-5-14(15)7-13/h3-8H,9-11H2,1-2H3. The van der Waals surface area contributed by atoms with Crippen LogP contribution in [0.4, 0.5) is 0 Å². The topological polar surface area (TPSA) is 74.5 Å². The molecule has 0 N–H and O–H groups in total. The van der Waals surface area contributed by atoms with E-state index < -0.39 is 0 Å². The van der Waals surface area contributed by atoms with Crippen molar-refractivity contribution in [2.45, 2.75) is 19.3 Å². The van der Waals surface area contributed by atoms with E-state index in [9.17, 15) is 4.79 Å². The molecule has 3 aromatic rings. The number of aryl methyl sites for hydroxylation is 1. The summed E-state index contributed by atoms with van der Waals surface area (Å²) in [6.45, 7) is 1.98. The summed E-state index contributed by atoms with van der Waals surface area (Å²) < 4.78 is 15.4. The maximum Gasteiger partial charge on any atom is 0.316 e. The molecule has 0 atom stereocenters. The number of benzene rings is 2. The minimum absolute atomic E-state index is 0.248. The number of hydrogen-bond donors (Lipinski definition) is 0. The molecule has 3 rings (SSSR count). The van der Waals surface area contributed by atoms with Gasteiger partial charge in [0.1, 0.15) is 12.4 Å². The van der Waals surface area contributed by atoms with Gasteiger partial charge in [-0.3, -0.25) is 4.79 Å². The Morgan fingerprint density at radius 3 is 2.76 bits per heavy atom. The monoisotopic (exact) mass is 358 g/mol. The number of nitrogens with zero attached hydrogens (tertiary/aromatic N) is 2. The molecule has 130 valence electrons. The number of aromatic nitrogens is 2. The Morgan fingerprint density at radius 2 is 2.00 bits per heavy atom.